The molecule has 1 saturated carbocycles. The minimum atomic E-state index is -3.23. The number of phenols is 1. The highest BCUT2D eigenvalue weighted by atomic mass is 32.2. The summed E-state index contributed by atoms with van der Waals surface area (Å²) in [5.41, 5.74) is 0. The summed E-state index contributed by atoms with van der Waals surface area (Å²) in [7, 11) is -3.23. The third kappa shape index (κ3) is 1.94. The minimum Gasteiger partial charge on any atom is -0.508 e. The molecule has 16 heavy (non-hydrogen) atoms. The van der Waals surface area contributed by atoms with Gasteiger partial charge in [0.05, 0.1) is 10.1 Å². The molecule has 4 heteroatoms. The lowest BCUT2D eigenvalue weighted by atomic mass is 9.83. The predicted octanol–water partition coefficient (Wildman–Crippen LogP) is 2.35. The van der Waals surface area contributed by atoms with Gasteiger partial charge in [-0.1, -0.05) is 19.4 Å². The zero-order valence-electron chi connectivity index (χ0n) is 9.26. The van der Waals surface area contributed by atoms with Gasteiger partial charge >= 0.3 is 0 Å². The predicted molar refractivity (Wildman–Crippen MR) is 62.1 cm³/mol. The number of hydrogen-bond donors (Lipinski definition) is 1. The van der Waals surface area contributed by atoms with Crippen LogP contribution in [0.5, 0.6) is 5.75 Å². The molecule has 1 aliphatic carbocycles. The molecule has 1 N–H and O–H groups in total. The lowest BCUT2D eigenvalue weighted by Crippen LogP contribution is -2.35. The van der Waals surface area contributed by atoms with Gasteiger partial charge in [0.2, 0.25) is 0 Å². The van der Waals surface area contributed by atoms with Gasteiger partial charge in [0.25, 0.3) is 0 Å². The fraction of sp³-hybridized carbons (Fsp3) is 0.500. The first kappa shape index (κ1) is 11.5. The van der Waals surface area contributed by atoms with Gasteiger partial charge in [0.15, 0.2) is 9.84 Å². The van der Waals surface area contributed by atoms with Gasteiger partial charge < -0.3 is 5.11 Å². The fourth-order valence-corrected chi connectivity index (χ4v) is 4.10. The van der Waals surface area contributed by atoms with E-state index in [1.807, 2.05) is 0 Å². The van der Waals surface area contributed by atoms with E-state index in [2.05, 4.69) is 6.92 Å². The average molecular weight is 240 g/mol. The van der Waals surface area contributed by atoms with Crippen LogP contribution in [0.2, 0.25) is 0 Å². The zero-order valence-corrected chi connectivity index (χ0v) is 10.1. The molecule has 1 fully saturated rings. The molecule has 2 rings (SSSR count). The summed E-state index contributed by atoms with van der Waals surface area (Å²) in [4.78, 5) is 0.243. The van der Waals surface area contributed by atoms with Crippen molar-refractivity contribution in [3.8, 4) is 5.75 Å². The summed E-state index contributed by atoms with van der Waals surface area (Å²) >= 11 is 0. The van der Waals surface area contributed by atoms with Crippen LogP contribution in [0.3, 0.4) is 0 Å². The first-order valence-electron chi connectivity index (χ1n) is 5.57. The lowest BCUT2D eigenvalue weighted by Gasteiger charge is -2.34. The van der Waals surface area contributed by atoms with E-state index < -0.39 is 9.84 Å². The summed E-state index contributed by atoms with van der Waals surface area (Å²) < 4.78 is 24.2. The van der Waals surface area contributed by atoms with E-state index in [-0.39, 0.29) is 15.9 Å². The van der Waals surface area contributed by atoms with Gasteiger partial charge in [-0.2, -0.15) is 0 Å². The highest BCUT2D eigenvalue weighted by Gasteiger charge is 2.38. The molecule has 88 valence electrons. The van der Waals surface area contributed by atoms with Crippen molar-refractivity contribution in [2.75, 3.05) is 0 Å². The van der Waals surface area contributed by atoms with E-state index in [9.17, 15) is 13.5 Å². The SMILES string of the molecule is CCC1CC(S(=O)(=O)c2cccc(O)c2)C1. The Bertz CT molecular complexity index is 473. The topological polar surface area (TPSA) is 54.4 Å². The zero-order chi connectivity index (χ0) is 11.8. The molecule has 0 unspecified atom stereocenters. The molecule has 0 heterocycles. The molecule has 1 aromatic rings. The summed E-state index contributed by atoms with van der Waals surface area (Å²) in [5, 5.41) is 9.03. The van der Waals surface area contributed by atoms with Gasteiger partial charge in [-0.05, 0) is 37.0 Å². The van der Waals surface area contributed by atoms with Gasteiger partial charge in [-0.25, -0.2) is 8.42 Å². The van der Waals surface area contributed by atoms with Crippen LogP contribution in [-0.4, -0.2) is 18.8 Å². The van der Waals surface area contributed by atoms with Crippen LogP contribution < -0.4 is 0 Å². The number of rotatable bonds is 3. The highest BCUT2D eigenvalue weighted by Crippen LogP contribution is 2.38. The van der Waals surface area contributed by atoms with Crippen molar-refractivity contribution in [3.63, 3.8) is 0 Å². The van der Waals surface area contributed by atoms with E-state index in [0.29, 0.717) is 5.92 Å². The van der Waals surface area contributed by atoms with Crippen LogP contribution in [0.15, 0.2) is 29.2 Å². The van der Waals surface area contributed by atoms with Crippen LogP contribution in [0.1, 0.15) is 26.2 Å². The van der Waals surface area contributed by atoms with Crippen LogP contribution in [0, 0.1) is 5.92 Å². The standard InChI is InChI=1S/C12H16O3S/c1-2-9-6-12(7-9)16(14,15)11-5-3-4-10(13)8-11/h3-5,8-9,12-13H,2,6-7H2,1H3. The maximum Gasteiger partial charge on any atom is 0.181 e. The van der Waals surface area contributed by atoms with E-state index in [1.165, 1.54) is 12.1 Å². The highest BCUT2D eigenvalue weighted by molar-refractivity contribution is 7.92. The maximum atomic E-state index is 12.1. The Morgan fingerprint density at radius 1 is 1.38 bits per heavy atom. The minimum absolute atomic E-state index is 0.00689. The number of phenolic OH excluding ortho intramolecular Hbond substituents is 1. The first-order valence-corrected chi connectivity index (χ1v) is 7.11. The second-order valence-electron chi connectivity index (χ2n) is 4.41. The molecular formula is C12H16O3S. The van der Waals surface area contributed by atoms with Gasteiger partial charge in [0, 0.05) is 0 Å². The Hall–Kier alpha value is -1.03. The van der Waals surface area contributed by atoms with Crippen LogP contribution in [0.25, 0.3) is 0 Å². The van der Waals surface area contributed by atoms with Crippen molar-refractivity contribution in [2.45, 2.75) is 36.3 Å². The molecule has 3 nitrogen and oxygen atoms in total. The third-order valence-corrected chi connectivity index (χ3v) is 5.53. The molecule has 1 aliphatic rings. The van der Waals surface area contributed by atoms with E-state index in [1.54, 1.807) is 12.1 Å². The van der Waals surface area contributed by atoms with E-state index >= 15 is 0 Å². The molecule has 0 aliphatic heterocycles. The average Bonchev–Trinajstić information content (AvgIpc) is 2.15. The van der Waals surface area contributed by atoms with E-state index in [4.69, 9.17) is 0 Å². The molecule has 0 bridgehead atoms. The smallest absolute Gasteiger partial charge is 0.181 e. The maximum absolute atomic E-state index is 12.1. The Morgan fingerprint density at radius 3 is 2.62 bits per heavy atom. The first-order chi connectivity index (χ1) is 7.54. The summed E-state index contributed by atoms with van der Waals surface area (Å²) in [6.45, 7) is 2.09. The number of sulfone groups is 1. The Morgan fingerprint density at radius 2 is 2.06 bits per heavy atom. The molecular weight excluding hydrogens is 224 g/mol. The monoisotopic (exact) mass is 240 g/mol. The molecule has 0 aromatic heterocycles. The normalized spacial score (nSPS) is 25.1. The Balaban J connectivity index is 2.21. The second-order valence-corrected chi connectivity index (χ2v) is 6.64. The number of aromatic hydroxyl groups is 1. The summed E-state index contributed by atoms with van der Waals surface area (Å²) in [5.74, 6) is 0.560. The molecule has 1 aromatic carbocycles. The van der Waals surface area contributed by atoms with E-state index in [0.717, 1.165) is 19.3 Å². The van der Waals surface area contributed by atoms with Crippen molar-refractivity contribution < 1.29 is 13.5 Å². The third-order valence-electron chi connectivity index (χ3n) is 3.35. The molecule has 0 spiro atoms. The quantitative estimate of drug-likeness (QED) is 0.882. The number of hydrogen-bond acceptors (Lipinski definition) is 3. The lowest BCUT2D eigenvalue weighted by molar-refractivity contribution is 0.307. The van der Waals surface area contributed by atoms with Crippen molar-refractivity contribution in [1.82, 2.24) is 0 Å². The van der Waals surface area contributed by atoms with Crippen molar-refractivity contribution in [3.05, 3.63) is 24.3 Å². The summed E-state index contributed by atoms with van der Waals surface area (Å²) in [6.07, 6.45) is 2.56. The fourth-order valence-electron chi connectivity index (χ4n) is 2.11. The Labute approximate surface area is 96.0 Å². The van der Waals surface area contributed by atoms with Crippen LogP contribution in [-0.2, 0) is 9.84 Å². The Kier molecular flexibility index (Phi) is 2.93. The second kappa shape index (κ2) is 4.09. The van der Waals surface area contributed by atoms with Gasteiger partial charge in [-0.15, -0.1) is 0 Å². The number of benzene rings is 1. The summed E-state index contributed by atoms with van der Waals surface area (Å²) in [6, 6.07) is 5.93. The molecule has 0 saturated heterocycles. The largest absolute Gasteiger partial charge is 0.508 e. The van der Waals surface area contributed by atoms with Gasteiger partial charge in [-0.3, -0.25) is 0 Å². The van der Waals surface area contributed by atoms with Crippen molar-refractivity contribution in [1.29, 1.82) is 0 Å². The van der Waals surface area contributed by atoms with Crippen LogP contribution >= 0.6 is 0 Å². The van der Waals surface area contributed by atoms with Crippen molar-refractivity contribution >= 4 is 9.84 Å². The molecule has 0 amide bonds. The molecule has 0 radical (unpaired) electrons. The van der Waals surface area contributed by atoms with Gasteiger partial charge in [0.1, 0.15) is 5.75 Å². The van der Waals surface area contributed by atoms with Crippen LogP contribution in [0.4, 0.5) is 0 Å². The van der Waals surface area contributed by atoms with Crippen molar-refractivity contribution in [2.24, 2.45) is 5.92 Å². The molecule has 0 atom stereocenters.